The average Bonchev–Trinajstić information content (AvgIpc) is 2.95. The number of likely N-dealkylation sites (tertiary alicyclic amines) is 1. The first-order valence-corrected chi connectivity index (χ1v) is 12.4. The molecule has 194 valence electrons. The first kappa shape index (κ1) is 26.3. The fourth-order valence-corrected chi connectivity index (χ4v) is 4.37. The fraction of sp³-hybridized carbons (Fsp3) is 0.286. The van der Waals surface area contributed by atoms with Gasteiger partial charge in [-0.25, -0.2) is 9.97 Å². The van der Waals surface area contributed by atoms with E-state index in [1.165, 1.54) is 17.9 Å². The first-order chi connectivity index (χ1) is 18.4. The minimum Gasteiger partial charge on any atom is -0.368 e. The number of benzene rings is 2. The summed E-state index contributed by atoms with van der Waals surface area (Å²) in [6.45, 7) is 2.83. The molecule has 10 heteroatoms. The molecule has 0 spiro atoms. The quantitative estimate of drug-likeness (QED) is 0.327. The van der Waals surface area contributed by atoms with Gasteiger partial charge in [0.15, 0.2) is 5.82 Å². The van der Waals surface area contributed by atoms with Crippen LogP contribution in [0.15, 0.2) is 66.7 Å². The van der Waals surface area contributed by atoms with Crippen molar-refractivity contribution in [3.05, 3.63) is 72.3 Å². The van der Waals surface area contributed by atoms with Gasteiger partial charge in [0.25, 0.3) is 0 Å². The zero-order valence-corrected chi connectivity index (χ0v) is 21.1. The molecule has 38 heavy (non-hydrogen) atoms. The van der Waals surface area contributed by atoms with E-state index in [4.69, 9.17) is 0 Å². The lowest BCUT2D eigenvalue weighted by atomic mass is 9.74. The normalized spacial score (nSPS) is 14.2. The number of hydrogen-bond acceptors (Lipinski definition) is 7. The lowest BCUT2D eigenvalue weighted by Crippen LogP contribution is -2.48. The summed E-state index contributed by atoms with van der Waals surface area (Å²) in [4.78, 5) is 47.4. The second-order valence-corrected chi connectivity index (χ2v) is 9.04. The third-order valence-corrected chi connectivity index (χ3v) is 6.44. The smallest absolute Gasteiger partial charge is 0.315 e. The summed E-state index contributed by atoms with van der Waals surface area (Å²) >= 11 is 0. The van der Waals surface area contributed by atoms with E-state index >= 15 is 0 Å². The molecule has 10 nitrogen and oxygen atoms in total. The van der Waals surface area contributed by atoms with Crippen molar-refractivity contribution in [1.82, 2.24) is 20.2 Å². The zero-order valence-electron chi connectivity index (χ0n) is 21.1. The molecular formula is C28H29N7O3. The molecule has 3 N–H and O–H groups in total. The maximum absolute atomic E-state index is 13.0. The van der Waals surface area contributed by atoms with Gasteiger partial charge in [-0.3, -0.25) is 14.4 Å². The second-order valence-electron chi connectivity index (χ2n) is 9.04. The fourth-order valence-electron chi connectivity index (χ4n) is 4.37. The van der Waals surface area contributed by atoms with Gasteiger partial charge in [-0.05, 0) is 18.4 Å². The highest BCUT2D eigenvalue weighted by Gasteiger charge is 2.38. The lowest BCUT2D eigenvalue weighted by Gasteiger charge is -2.37. The second kappa shape index (κ2) is 12.0. The Bertz CT molecular complexity index is 1330. The lowest BCUT2D eigenvalue weighted by molar-refractivity contribution is -0.144. The van der Waals surface area contributed by atoms with Gasteiger partial charge in [-0.15, -0.1) is 0 Å². The molecule has 2 aromatic carbocycles. The van der Waals surface area contributed by atoms with E-state index in [2.05, 4.69) is 32.0 Å². The van der Waals surface area contributed by atoms with Gasteiger partial charge in [0.2, 0.25) is 5.91 Å². The Morgan fingerprint density at radius 3 is 2.21 bits per heavy atom. The summed E-state index contributed by atoms with van der Waals surface area (Å²) in [6, 6.07) is 22.8. The van der Waals surface area contributed by atoms with Crippen LogP contribution >= 0.6 is 0 Å². The van der Waals surface area contributed by atoms with Crippen molar-refractivity contribution in [2.24, 2.45) is 0 Å². The largest absolute Gasteiger partial charge is 0.368 e. The number of anilines is 2. The maximum Gasteiger partial charge on any atom is 0.315 e. The monoisotopic (exact) mass is 511 g/mol. The number of aromatic nitrogens is 2. The Hall–Kier alpha value is -4.78. The van der Waals surface area contributed by atoms with Gasteiger partial charge >= 0.3 is 11.8 Å². The Morgan fingerprint density at radius 2 is 1.58 bits per heavy atom. The Labute approximate surface area is 221 Å². The Morgan fingerprint density at radius 1 is 0.947 bits per heavy atom. The number of nitrogens with zero attached hydrogens (tertiary/aromatic N) is 4. The number of amides is 3. The summed E-state index contributed by atoms with van der Waals surface area (Å²) in [5.74, 6) is -0.642. The van der Waals surface area contributed by atoms with Gasteiger partial charge < -0.3 is 20.9 Å². The molecule has 3 amide bonds. The predicted molar refractivity (Wildman–Crippen MR) is 143 cm³/mol. The van der Waals surface area contributed by atoms with E-state index in [1.807, 2.05) is 60.7 Å². The molecule has 0 radical (unpaired) electrons. The molecule has 1 aliphatic rings. The molecule has 1 saturated heterocycles. The van der Waals surface area contributed by atoms with Crippen LogP contribution in [0.25, 0.3) is 11.4 Å². The van der Waals surface area contributed by atoms with Gasteiger partial charge in [-0.1, -0.05) is 60.7 Å². The van der Waals surface area contributed by atoms with Crippen LogP contribution in [0, 0.1) is 11.3 Å². The van der Waals surface area contributed by atoms with Crippen molar-refractivity contribution in [2.75, 3.05) is 36.8 Å². The van der Waals surface area contributed by atoms with Gasteiger partial charge in [0.05, 0.1) is 11.5 Å². The molecule has 0 unspecified atom stereocenters. The van der Waals surface area contributed by atoms with E-state index in [1.54, 1.807) is 0 Å². The molecule has 4 rings (SSSR count). The highest BCUT2D eigenvalue weighted by atomic mass is 16.2. The van der Waals surface area contributed by atoms with Crippen molar-refractivity contribution >= 4 is 29.4 Å². The van der Waals surface area contributed by atoms with Gasteiger partial charge in [0.1, 0.15) is 11.6 Å². The summed E-state index contributed by atoms with van der Waals surface area (Å²) in [7, 11) is 0. The van der Waals surface area contributed by atoms with Crippen LogP contribution < -0.4 is 16.0 Å². The molecule has 0 bridgehead atoms. The molecule has 1 aliphatic heterocycles. The minimum atomic E-state index is -0.809. The number of nitrogens with one attached hydrogen (secondary N) is 3. The molecule has 3 aromatic rings. The van der Waals surface area contributed by atoms with E-state index in [0.717, 1.165) is 11.1 Å². The van der Waals surface area contributed by atoms with Gasteiger partial charge in [-0.2, -0.15) is 5.26 Å². The minimum absolute atomic E-state index is 0.139. The van der Waals surface area contributed by atoms with Crippen molar-refractivity contribution in [2.45, 2.75) is 25.2 Å². The third kappa shape index (κ3) is 6.31. The molecule has 0 aliphatic carbocycles. The average molecular weight is 512 g/mol. The number of nitriles is 1. The third-order valence-electron chi connectivity index (χ3n) is 6.44. The van der Waals surface area contributed by atoms with Crippen LogP contribution in [-0.2, 0) is 19.8 Å². The van der Waals surface area contributed by atoms with E-state index in [0.29, 0.717) is 50.7 Å². The number of piperidine rings is 1. The van der Waals surface area contributed by atoms with Crippen LogP contribution in [0.5, 0.6) is 0 Å². The number of rotatable bonds is 7. The van der Waals surface area contributed by atoms with E-state index in [-0.39, 0.29) is 11.7 Å². The summed E-state index contributed by atoms with van der Waals surface area (Å²) in [5, 5.41) is 18.3. The van der Waals surface area contributed by atoms with Crippen molar-refractivity contribution < 1.29 is 14.4 Å². The van der Waals surface area contributed by atoms with E-state index in [9.17, 15) is 19.6 Å². The van der Waals surface area contributed by atoms with Crippen LogP contribution in [0.2, 0.25) is 0 Å². The molecule has 2 heterocycles. The molecule has 1 fully saturated rings. The van der Waals surface area contributed by atoms with Crippen LogP contribution in [0.3, 0.4) is 0 Å². The van der Waals surface area contributed by atoms with Gasteiger partial charge in [0, 0.05) is 44.7 Å². The molecule has 1 aromatic heterocycles. The highest BCUT2D eigenvalue weighted by Crippen LogP contribution is 2.35. The van der Waals surface area contributed by atoms with Crippen LogP contribution in [0.1, 0.15) is 25.3 Å². The van der Waals surface area contributed by atoms with E-state index < -0.39 is 17.2 Å². The van der Waals surface area contributed by atoms with Crippen molar-refractivity contribution in [1.29, 1.82) is 5.26 Å². The van der Waals surface area contributed by atoms with Crippen LogP contribution in [-0.4, -0.2) is 58.8 Å². The van der Waals surface area contributed by atoms with Crippen LogP contribution in [0.4, 0.5) is 11.6 Å². The molecule has 0 atom stereocenters. The zero-order chi connectivity index (χ0) is 27.0. The first-order valence-electron chi connectivity index (χ1n) is 12.4. The maximum atomic E-state index is 13.0. The topological polar surface area (TPSA) is 140 Å². The standard InChI is InChI=1S/C28H29N7O3/c1-20(36)30-14-15-31-23-18-24(33-25(32-23)21-8-4-2-5-9-21)34-26(37)27(38)35-16-12-28(19-29,13-17-35)22-10-6-3-7-11-22/h2-11,18H,12-17H2,1H3,(H,30,36)(H2,31,32,33,34,37). The number of carbonyl (C=O) groups excluding carboxylic acids is 3. The number of hydrogen-bond donors (Lipinski definition) is 3. The van der Waals surface area contributed by atoms with Crippen molar-refractivity contribution in [3.63, 3.8) is 0 Å². The highest BCUT2D eigenvalue weighted by molar-refractivity contribution is 6.39. The summed E-state index contributed by atoms with van der Waals surface area (Å²) in [6.07, 6.45) is 0.890. The molecule has 0 saturated carbocycles. The molecular weight excluding hydrogens is 482 g/mol. The number of carbonyl (C=O) groups is 3. The summed E-state index contributed by atoms with van der Waals surface area (Å²) in [5.41, 5.74) is 0.987. The Balaban J connectivity index is 1.45. The van der Waals surface area contributed by atoms with Crippen molar-refractivity contribution in [3.8, 4) is 17.5 Å². The SMILES string of the molecule is CC(=O)NCCNc1cc(NC(=O)C(=O)N2CCC(C#N)(c3ccccc3)CC2)nc(-c2ccccc2)n1. The Kier molecular flexibility index (Phi) is 8.28. The predicted octanol–water partition coefficient (Wildman–Crippen LogP) is 2.71. The summed E-state index contributed by atoms with van der Waals surface area (Å²) < 4.78 is 0.